The molecule has 3 aromatic carbocycles. The van der Waals surface area contributed by atoms with E-state index < -0.39 is 0 Å². The van der Waals surface area contributed by atoms with Crippen molar-refractivity contribution in [3.63, 3.8) is 0 Å². The second-order valence-corrected chi connectivity index (χ2v) is 6.80. The van der Waals surface area contributed by atoms with Gasteiger partial charge in [0.2, 0.25) is 0 Å². The van der Waals surface area contributed by atoms with Crippen molar-refractivity contribution in [3.05, 3.63) is 83.4 Å². The standard InChI is InChI=1S/C24H23N3O3/c1-29-20-12-18-19(13-21(20)30-2)27-24(28)22(18)23(16-6-4-3-5-7-16)26-17-10-8-15(14-25)9-11-17/h3-13,27-28H,14,25H2,1-2H3. The normalized spacial score (nSPS) is 11.6. The Morgan fingerprint density at radius 2 is 1.63 bits per heavy atom. The van der Waals surface area contributed by atoms with E-state index in [0.29, 0.717) is 29.3 Å². The molecular formula is C24H23N3O3. The average molecular weight is 401 g/mol. The van der Waals surface area contributed by atoms with E-state index in [1.807, 2.05) is 60.7 Å². The molecule has 0 saturated carbocycles. The third-order valence-corrected chi connectivity index (χ3v) is 4.98. The number of nitrogens with zero attached hydrogens (tertiary/aromatic N) is 1. The zero-order valence-corrected chi connectivity index (χ0v) is 16.8. The summed E-state index contributed by atoms with van der Waals surface area (Å²) in [6.07, 6.45) is 0. The lowest BCUT2D eigenvalue weighted by atomic mass is 10.0. The van der Waals surface area contributed by atoms with Gasteiger partial charge in [0.15, 0.2) is 17.4 Å². The highest BCUT2D eigenvalue weighted by molar-refractivity contribution is 6.22. The van der Waals surface area contributed by atoms with E-state index in [-0.39, 0.29) is 5.88 Å². The molecule has 6 heteroatoms. The van der Waals surface area contributed by atoms with Gasteiger partial charge in [0.05, 0.1) is 36.7 Å². The molecular weight excluding hydrogens is 378 g/mol. The molecule has 1 aromatic heterocycles. The van der Waals surface area contributed by atoms with E-state index in [1.165, 1.54) is 0 Å². The number of aromatic hydroxyl groups is 1. The fourth-order valence-electron chi connectivity index (χ4n) is 3.44. The van der Waals surface area contributed by atoms with Crippen molar-refractivity contribution in [2.45, 2.75) is 6.54 Å². The van der Waals surface area contributed by atoms with Gasteiger partial charge in [-0.2, -0.15) is 0 Å². The third-order valence-electron chi connectivity index (χ3n) is 4.98. The fraction of sp³-hybridized carbons (Fsp3) is 0.125. The topological polar surface area (TPSA) is 92.9 Å². The summed E-state index contributed by atoms with van der Waals surface area (Å²) in [5.41, 5.74) is 10.3. The second-order valence-electron chi connectivity index (χ2n) is 6.80. The number of benzene rings is 3. The third kappa shape index (κ3) is 3.60. The highest BCUT2D eigenvalue weighted by Gasteiger charge is 2.20. The number of hydrogen-bond donors (Lipinski definition) is 3. The van der Waals surface area contributed by atoms with Crippen LogP contribution >= 0.6 is 0 Å². The molecule has 1 heterocycles. The summed E-state index contributed by atoms with van der Waals surface area (Å²) in [6, 6.07) is 21.1. The molecule has 0 unspecified atom stereocenters. The number of nitrogens with one attached hydrogen (secondary N) is 1. The van der Waals surface area contributed by atoms with Crippen LogP contribution in [0.4, 0.5) is 5.69 Å². The molecule has 4 N–H and O–H groups in total. The van der Waals surface area contributed by atoms with Gasteiger partial charge in [0.25, 0.3) is 0 Å². The number of fused-ring (bicyclic) bond motifs is 1. The predicted octanol–water partition coefficient (Wildman–Crippen LogP) is 4.52. The molecule has 30 heavy (non-hydrogen) atoms. The maximum absolute atomic E-state index is 10.8. The van der Waals surface area contributed by atoms with Crippen molar-refractivity contribution < 1.29 is 14.6 Å². The summed E-state index contributed by atoms with van der Waals surface area (Å²) in [5.74, 6) is 1.18. The first-order chi connectivity index (χ1) is 14.6. The van der Waals surface area contributed by atoms with Gasteiger partial charge in [0.1, 0.15) is 0 Å². The van der Waals surface area contributed by atoms with Crippen LogP contribution in [0.2, 0.25) is 0 Å². The number of rotatable bonds is 6. The highest BCUT2D eigenvalue weighted by Crippen LogP contribution is 2.38. The molecule has 0 aliphatic rings. The number of H-pyrrole nitrogens is 1. The summed E-state index contributed by atoms with van der Waals surface area (Å²) in [4.78, 5) is 7.91. The van der Waals surface area contributed by atoms with Crippen molar-refractivity contribution >= 4 is 22.3 Å². The minimum atomic E-state index is 0.0292. The minimum Gasteiger partial charge on any atom is -0.494 e. The number of aliphatic imine (C=N–C) groups is 1. The smallest absolute Gasteiger partial charge is 0.199 e. The lowest BCUT2D eigenvalue weighted by Crippen LogP contribution is -2.03. The van der Waals surface area contributed by atoms with E-state index in [1.54, 1.807) is 20.3 Å². The Kier molecular flexibility index (Phi) is 5.41. The Morgan fingerprint density at radius 3 is 2.27 bits per heavy atom. The summed E-state index contributed by atoms with van der Waals surface area (Å²) in [5, 5.41) is 11.6. The first-order valence-electron chi connectivity index (χ1n) is 9.54. The Hall–Kier alpha value is -3.77. The van der Waals surface area contributed by atoms with Crippen LogP contribution in [0.15, 0.2) is 71.7 Å². The first-order valence-corrected chi connectivity index (χ1v) is 9.54. The molecule has 0 atom stereocenters. The van der Waals surface area contributed by atoms with Crippen LogP contribution < -0.4 is 15.2 Å². The quantitative estimate of drug-likeness (QED) is 0.414. The molecule has 0 saturated heterocycles. The largest absolute Gasteiger partial charge is 0.494 e. The maximum atomic E-state index is 10.8. The zero-order chi connectivity index (χ0) is 21.1. The van der Waals surface area contributed by atoms with Crippen LogP contribution in [0.1, 0.15) is 16.7 Å². The van der Waals surface area contributed by atoms with Crippen LogP contribution in [0.25, 0.3) is 10.9 Å². The average Bonchev–Trinajstić information content (AvgIpc) is 3.11. The van der Waals surface area contributed by atoms with Crippen LogP contribution in [0.5, 0.6) is 17.4 Å². The Bertz CT molecular complexity index is 1200. The molecule has 6 nitrogen and oxygen atoms in total. The van der Waals surface area contributed by atoms with Crippen LogP contribution in [-0.4, -0.2) is 30.0 Å². The van der Waals surface area contributed by atoms with Crippen LogP contribution in [0, 0.1) is 0 Å². The molecule has 0 aliphatic carbocycles. The van der Waals surface area contributed by atoms with Crippen molar-refractivity contribution in [2.75, 3.05) is 14.2 Å². The van der Waals surface area contributed by atoms with Gasteiger partial charge in [-0.25, -0.2) is 4.99 Å². The van der Waals surface area contributed by atoms with Gasteiger partial charge >= 0.3 is 0 Å². The Balaban J connectivity index is 1.96. The van der Waals surface area contributed by atoms with E-state index in [9.17, 15) is 5.11 Å². The Morgan fingerprint density at radius 1 is 0.967 bits per heavy atom. The van der Waals surface area contributed by atoms with Crippen molar-refractivity contribution in [1.29, 1.82) is 0 Å². The second kappa shape index (κ2) is 8.31. The Labute approximate surface area is 174 Å². The minimum absolute atomic E-state index is 0.0292. The van der Waals surface area contributed by atoms with Gasteiger partial charge in [-0.1, -0.05) is 42.5 Å². The molecule has 0 fully saturated rings. The molecule has 4 rings (SSSR count). The van der Waals surface area contributed by atoms with Gasteiger partial charge < -0.3 is 25.3 Å². The molecule has 152 valence electrons. The molecule has 0 aliphatic heterocycles. The number of ether oxygens (including phenoxy) is 2. The molecule has 4 aromatic rings. The molecule has 0 bridgehead atoms. The van der Waals surface area contributed by atoms with Crippen molar-refractivity contribution in [3.8, 4) is 17.4 Å². The summed E-state index contributed by atoms with van der Waals surface area (Å²) >= 11 is 0. The SMILES string of the molecule is COc1cc2[nH]c(O)c(C(=Nc3ccc(CN)cc3)c3ccccc3)c2cc1OC. The summed E-state index contributed by atoms with van der Waals surface area (Å²) < 4.78 is 10.9. The molecule has 0 amide bonds. The van der Waals surface area contributed by atoms with Gasteiger partial charge in [-0.3, -0.25) is 0 Å². The summed E-state index contributed by atoms with van der Waals surface area (Å²) in [7, 11) is 3.16. The van der Waals surface area contributed by atoms with E-state index in [2.05, 4.69) is 4.98 Å². The van der Waals surface area contributed by atoms with Crippen LogP contribution in [-0.2, 0) is 6.54 Å². The van der Waals surface area contributed by atoms with E-state index >= 15 is 0 Å². The zero-order valence-electron chi connectivity index (χ0n) is 16.8. The van der Waals surface area contributed by atoms with E-state index in [4.69, 9.17) is 20.2 Å². The van der Waals surface area contributed by atoms with Crippen molar-refractivity contribution in [1.82, 2.24) is 4.98 Å². The van der Waals surface area contributed by atoms with Crippen LogP contribution in [0.3, 0.4) is 0 Å². The summed E-state index contributed by atoms with van der Waals surface area (Å²) in [6.45, 7) is 0.473. The van der Waals surface area contributed by atoms with Crippen molar-refractivity contribution in [2.24, 2.45) is 10.7 Å². The monoisotopic (exact) mass is 401 g/mol. The highest BCUT2D eigenvalue weighted by atomic mass is 16.5. The van der Waals surface area contributed by atoms with E-state index in [0.717, 1.165) is 27.7 Å². The number of methoxy groups -OCH3 is 2. The fourth-order valence-corrected chi connectivity index (χ4v) is 3.44. The number of aromatic amines is 1. The number of nitrogens with two attached hydrogens (primary N) is 1. The predicted molar refractivity (Wildman–Crippen MR) is 119 cm³/mol. The number of aromatic nitrogens is 1. The first kappa shape index (κ1) is 19.5. The van der Waals surface area contributed by atoms with Gasteiger partial charge in [-0.15, -0.1) is 0 Å². The van der Waals surface area contributed by atoms with Gasteiger partial charge in [-0.05, 0) is 23.8 Å². The lowest BCUT2D eigenvalue weighted by Gasteiger charge is -2.10. The molecule has 0 radical (unpaired) electrons. The van der Waals surface area contributed by atoms with Gasteiger partial charge in [0, 0.05) is 23.6 Å². The lowest BCUT2D eigenvalue weighted by molar-refractivity contribution is 0.356. The number of hydrogen-bond acceptors (Lipinski definition) is 5. The molecule has 0 spiro atoms. The maximum Gasteiger partial charge on any atom is 0.199 e.